The van der Waals surface area contributed by atoms with Gasteiger partial charge in [0, 0.05) is 18.7 Å². The van der Waals surface area contributed by atoms with Gasteiger partial charge in [-0.25, -0.2) is 0 Å². The molecule has 1 aromatic carbocycles. The molecule has 4 rings (SSSR count). The van der Waals surface area contributed by atoms with Gasteiger partial charge in [0.25, 0.3) is 0 Å². The molecule has 28 heavy (non-hydrogen) atoms. The van der Waals surface area contributed by atoms with Gasteiger partial charge in [0.05, 0.1) is 25.0 Å². The highest BCUT2D eigenvalue weighted by Crippen LogP contribution is 2.31. The zero-order valence-electron chi connectivity index (χ0n) is 16.1. The highest BCUT2D eigenvalue weighted by atomic mass is 32.2. The Morgan fingerprint density at radius 1 is 1.21 bits per heavy atom. The fraction of sp³-hybridized carbons (Fsp3) is 0.550. The van der Waals surface area contributed by atoms with Crippen LogP contribution >= 0.6 is 11.8 Å². The van der Waals surface area contributed by atoms with E-state index in [0.717, 1.165) is 67.5 Å². The molecule has 0 unspecified atom stereocenters. The van der Waals surface area contributed by atoms with Crippen LogP contribution in [0.3, 0.4) is 0 Å². The van der Waals surface area contributed by atoms with Crippen LogP contribution in [0.1, 0.15) is 32.1 Å². The number of aromatic nitrogens is 3. The van der Waals surface area contributed by atoms with Crippen molar-refractivity contribution in [1.82, 2.24) is 20.1 Å². The van der Waals surface area contributed by atoms with E-state index in [9.17, 15) is 4.79 Å². The summed E-state index contributed by atoms with van der Waals surface area (Å²) >= 11 is 1.52. The number of nitrogens with one attached hydrogen (secondary N) is 1. The molecule has 150 valence electrons. The number of carbonyl (C=O) groups excluding carboxylic acids is 1. The van der Waals surface area contributed by atoms with Crippen LogP contribution in [0.15, 0.2) is 29.4 Å². The smallest absolute Gasteiger partial charge is 0.233 e. The molecule has 3 heterocycles. The summed E-state index contributed by atoms with van der Waals surface area (Å²) in [6.07, 6.45) is 5.22. The van der Waals surface area contributed by atoms with Gasteiger partial charge in [0.1, 0.15) is 5.75 Å². The molecule has 0 radical (unpaired) electrons. The van der Waals surface area contributed by atoms with Crippen molar-refractivity contribution in [1.29, 1.82) is 0 Å². The summed E-state index contributed by atoms with van der Waals surface area (Å²) < 4.78 is 13.2. The molecule has 2 fully saturated rings. The van der Waals surface area contributed by atoms with Crippen molar-refractivity contribution in [3.05, 3.63) is 24.3 Å². The zero-order chi connectivity index (χ0) is 19.3. The molecule has 2 aliphatic heterocycles. The minimum Gasteiger partial charge on any atom is -0.497 e. The second kappa shape index (κ2) is 8.96. The standard InChI is InChI=1S/C20H26N4O3S/c1-26-15-9-7-14(8-10-15)18-22-23-20(24(18)13-16-5-4-12-27-16)28-17-6-2-3-11-21-19(17)25/h7-10,16-17H,2-6,11-13H2,1H3,(H,21,25)/t16-,17+/m1/s1. The van der Waals surface area contributed by atoms with Crippen LogP contribution in [0.25, 0.3) is 11.4 Å². The number of methoxy groups -OCH3 is 1. The number of hydrogen-bond donors (Lipinski definition) is 1. The average Bonchev–Trinajstić information content (AvgIpc) is 3.32. The molecule has 7 nitrogen and oxygen atoms in total. The van der Waals surface area contributed by atoms with E-state index in [2.05, 4.69) is 20.1 Å². The molecular weight excluding hydrogens is 376 g/mol. The van der Waals surface area contributed by atoms with Crippen molar-refractivity contribution in [3.8, 4) is 17.1 Å². The fourth-order valence-corrected chi connectivity index (χ4v) is 4.74. The lowest BCUT2D eigenvalue weighted by Gasteiger charge is -2.17. The van der Waals surface area contributed by atoms with Gasteiger partial charge in [0.15, 0.2) is 11.0 Å². The van der Waals surface area contributed by atoms with Crippen LogP contribution in [0.2, 0.25) is 0 Å². The number of hydrogen-bond acceptors (Lipinski definition) is 6. The molecule has 1 aromatic heterocycles. The molecular formula is C20H26N4O3S. The van der Waals surface area contributed by atoms with Crippen molar-refractivity contribution >= 4 is 17.7 Å². The first-order chi connectivity index (χ1) is 13.7. The van der Waals surface area contributed by atoms with E-state index in [1.807, 2.05) is 24.3 Å². The van der Waals surface area contributed by atoms with E-state index >= 15 is 0 Å². The zero-order valence-corrected chi connectivity index (χ0v) is 16.9. The fourth-order valence-electron chi connectivity index (χ4n) is 3.64. The quantitative estimate of drug-likeness (QED) is 0.801. The minimum absolute atomic E-state index is 0.0974. The van der Waals surface area contributed by atoms with Crippen LogP contribution in [0.4, 0.5) is 0 Å². The predicted molar refractivity (Wildman–Crippen MR) is 107 cm³/mol. The Kier molecular flexibility index (Phi) is 6.17. The third-order valence-electron chi connectivity index (χ3n) is 5.21. The molecule has 8 heteroatoms. The first-order valence-electron chi connectivity index (χ1n) is 9.88. The van der Waals surface area contributed by atoms with Gasteiger partial charge in [0.2, 0.25) is 5.91 Å². The Morgan fingerprint density at radius 2 is 2.07 bits per heavy atom. The normalized spacial score (nSPS) is 22.7. The largest absolute Gasteiger partial charge is 0.497 e. The number of nitrogens with zero attached hydrogens (tertiary/aromatic N) is 3. The highest BCUT2D eigenvalue weighted by Gasteiger charge is 2.27. The molecule has 0 spiro atoms. The number of rotatable bonds is 6. The number of ether oxygens (including phenoxy) is 2. The number of carbonyl (C=O) groups is 1. The summed E-state index contributed by atoms with van der Waals surface area (Å²) in [7, 11) is 1.65. The minimum atomic E-state index is -0.126. The molecule has 2 aromatic rings. The lowest BCUT2D eigenvalue weighted by atomic mass is 10.2. The summed E-state index contributed by atoms with van der Waals surface area (Å²) in [4.78, 5) is 12.4. The number of thioether (sulfide) groups is 1. The van der Waals surface area contributed by atoms with Crippen LogP contribution < -0.4 is 10.1 Å². The summed E-state index contributed by atoms with van der Waals surface area (Å²) in [6.45, 7) is 2.26. The van der Waals surface area contributed by atoms with Gasteiger partial charge in [-0.15, -0.1) is 10.2 Å². The summed E-state index contributed by atoms with van der Waals surface area (Å²) in [5.41, 5.74) is 0.975. The summed E-state index contributed by atoms with van der Waals surface area (Å²) in [5, 5.41) is 12.6. The molecule has 0 aliphatic carbocycles. The maximum Gasteiger partial charge on any atom is 0.233 e. The molecule has 0 bridgehead atoms. The Hall–Kier alpha value is -2.06. The molecule has 2 atom stereocenters. The molecule has 2 aliphatic rings. The Labute approximate surface area is 169 Å². The molecule has 2 saturated heterocycles. The van der Waals surface area contributed by atoms with Crippen molar-refractivity contribution < 1.29 is 14.3 Å². The van der Waals surface area contributed by atoms with Gasteiger partial charge in [-0.05, 0) is 49.9 Å². The van der Waals surface area contributed by atoms with Crippen molar-refractivity contribution in [2.45, 2.75) is 55.2 Å². The summed E-state index contributed by atoms with van der Waals surface area (Å²) in [5.74, 6) is 1.70. The first kappa shape index (κ1) is 19.3. The highest BCUT2D eigenvalue weighted by molar-refractivity contribution is 8.00. The second-order valence-corrected chi connectivity index (χ2v) is 8.34. The van der Waals surface area contributed by atoms with Crippen LogP contribution in [0.5, 0.6) is 5.75 Å². The Morgan fingerprint density at radius 3 is 2.82 bits per heavy atom. The van der Waals surface area contributed by atoms with E-state index in [4.69, 9.17) is 9.47 Å². The maximum atomic E-state index is 12.4. The number of benzene rings is 1. The topological polar surface area (TPSA) is 78.3 Å². The maximum absolute atomic E-state index is 12.4. The lowest BCUT2D eigenvalue weighted by molar-refractivity contribution is -0.120. The van der Waals surface area contributed by atoms with Crippen LogP contribution in [-0.2, 0) is 16.1 Å². The number of amides is 1. The Balaban J connectivity index is 1.62. The van der Waals surface area contributed by atoms with E-state index < -0.39 is 0 Å². The van der Waals surface area contributed by atoms with E-state index in [1.165, 1.54) is 11.8 Å². The van der Waals surface area contributed by atoms with Gasteiger partial charge in [-0.1, -0.05) is 18.2 Å². The van der Waals surface area contributed by atoms with Gasteiger partial charge >= 0.3 is 0 Å². The molecule has 1 N–H and O–H groups in total. The van der Waals surface area contributed by atoms with Crippen molar-refractivity contribution in [3.63, 3.8) is 0 Å². The Bertz CT molecular complexity index is 802. The molecule has 0 saturated carbocycles. The van der Waals surface area contributed by atoms with E-state index in [0.29, 0.717) is 6.54 Å². The third kappa shape index (κ3) is 4.33. The van der Waals surface area contributed by atoms with Gasteiger partial charge in [-0.2, -0.15) is 0 Å². The van der Waals surface area contributed by atoms with E-state index in [1.54, 1.807) is 7.11 Å². The SMILES string of the molecule is COc1ccc(-c2nnc(S[C@H]3CCCCNC3=O)n2C[C@H]2CCCO2)cc1. The summed E-state index contributed by atoms with van der Waals surface area (Å²) in [6, 6.07) is 7.82. The molecule has 1 amide bonds. The average molecular weight is 403 g/mol. The second-order valence-electron chi connectivity index (χ2n) is 7.17. The van der Waals surface area contributed by atoms with Crippen LogP contribution in [-0.4, -0.2) is 52.3 Å². The van der Waals surface area contributed by atoms with Gasteiger partial charge in [-0.3, -0.25) is 9.36 Å². The van der Waals surface area contributed by atoms with Crippen molar-refractivity contribution in [2.24, 2.45) is 0 Å². The monoisotopic (exact) mass is 402 g/mol. The van der Waals surface area contributed by atoms with E-state index in [-0.39, 0.29) is 17.3 Å². The first-order valence-corrected chi connectivity index (χ1v) is 10.8. The van der Waals surface area contributed by atoms with Crippen molar-refractivity contribution in [2.75, 3.05) is 20.3 Å². The van der Waals surface area contributed by atoms with Gasteiger partial charge < -0.3 is 14.8 Å². The third-order valence-corrected chi connectivity index (χ3v) is 6.45. The lowest BCUT2D eigenvalue weighted by Crippen LogP contribution is -2.31. The van der Waals surface area contributed by atoms with Crippen LogP contribution in [0, 0.1) is 0 Å². The predicted octanol–water partition coefficient (Wildman–Crippen LogP) is 2.89.